The van der Waals surface area contributed by atoms with Gasteiger partial charge in [0.05, 0.1) is 4.91 Å². The average molecular weight is 514 g/mol. The summed E-state index contributed by atoms with van der Waals surface area (Å²) in [4.78, 5) is 41.1. The molecule has 174 valence electrons. The Bertz CT molecular complexity index is 1340. The summed E-state index contributed by atoms with van der Waals surface area (Å²) in [6, 6.07) is 13.3. The Kier molecular flexibility index (Phi) is 6.42. The molecule has 2 fully saturated rings. The minimum Gasteiger partial charge on any atom is -0.342 e. The van der Waals surface area contributed by atoms with Crippen LogP contribution < -0.4 is 0 Å². The number of nitrogens with zero attached hydrogens (tertiary/aromatic N) is 3. The lowest BCUT2D eigenvalue weighted by molar-refractivity contribution is -0.135. The van der Waals surface area contributed by atoms with Gasteiger partial charge < -0.3 is 9.47 Å². The first-order valence-corrected chi connectivity index (χ1v) is 12.5. The highest BCUT2D eigenvalue weighted by Crippen LogP contribution is 2.34. The second-order valence-corrected chi connectivity index (χ2v) is 10.2. The van der Waals surface area contributed by atoms with Crippen LogP contribution in [0.2, 0.25) is 10.0 Å². The van der Waals surface area contributed by atoms with Crippen molar-refractivity contribution in [2.75, 3.05) is 19.6 Å². The number of halogens is 2. The van der Waals surface area contributed by atoms with E-state index in [1.54, 1.807) is 23.1 Å². The number of fused-ring (bicyclic) bond motifs is 1. The van der Waals surface area contributed by atoms with E-state index in [1.807, 2.05) is 36.5 Å². The highest BCUT2D eigenvalue weighted by atomic mass is 35.5. The quantitative estimate of drug-likeness (QED) is 0.413. The van der Waals surface area contributed by atoms with Gasteiger partial charge in [0, 0.05) is 52.3 Å². The number of carbonyl (C=O) groups excluding carboxylic acids is 3. The number of imide groups is 1. The summed E-state index contributed by atoms with van der Waals surface area (Å²) in [7, 11) is 0. The maximum absolute atomic E-state index is 13.0. The molecule has 34 heavy (non-hydrogen) atoms. The van der Waals surface area contributed by atoms with Crippen LogP contribution in [0.3, 0.4) is 0 Å². The Morgan fingerprint density at radius 3 is 2.59 bits per heavy atom. The summed E-state index contributed by atoms with van der Waals surface area (Å²) in [5.74, 6) is -0.613. The van der Waals surface area contributed by atoms with E-state index in [0.717, 1.165) is 51.5 Å². The number of aromatic nitrogens is 1. The van der Waals surface area contributed by atoms with E-state index in [9.17, 15) is 14.4 Å². The fourth-order valence-corrected chi connectivity index (χ4v) is 5.63. The molecule has 0 radical (unpaired) electrons. The van der Waals surface area contributed by atoms with Gasteiger partial charge in [0.1, 0.15) is 6.54 Å². The number of likely N-dealkylation sites (tertiary alicyclic amines) is 1. The summed E-state index contributed by atoms with van der Waals surface area (Å²) in [6.45, 7) is 1.68. The van der Waals surface area contributed by atoms with Gasteiger partial charge in [-0.05, 0) is 54.4 Å². The molecule has 3 amide bonds. The Hall–Kier alpha value is -2.74. The van der Waals surface area contributed by atoms with Crippen LogP contribution in [0.25, 0.3) is 17.0 Å². The molecule has 0 atom stereocenters. The number of thioether (sulfide) groups is 1. The summed E-state index contributed by atoms with van der Waals surface area (Å²) >= 11 is 13.3. The molecular formula is C25H21Cl2N3O3S. The standard InChI is InChI=1S/C25H21Cl2N3O3S/c26-18-8-7-16(20(27)12-18)13-29-14-17(19-5-1-2-6-21(19)29)11-22-24(32)30(25(33)34-22)15-23(31)28-9-3-4-10-28/h1-2,5-8,11-12,14H,3-4,9-10,13,15H2/b22-11+. The number of benzene rings is 2. The Morgan fingerprint density at radius 1 is 1.06 bits per heavy atom. The zero-order valence-corrected chi connectivity index (χ0v) is 20.5. The minimum absolute atomic E-state index is 0.183. The number of carbonyl (C=O) groups is 3. The molecule has 2 saturated heterocycles. The monoisotopic (exact) mass is 513 g/mol. The van der Waals surface area contributed by atoms with Crippen molar-refractivity contribution in [3.63, 3.8) is 0 Å². The van der Waals surface area contributed by atoms with Crippen molar-refractivity contribution >= 4 is 69.0 Å². The van der Waals surface area contributed by atoms with E-state index < -0.39 is 11.1 Å². The van der Waals surface area contributed by atoms with Crippen molar-refractivity contribution in [3.05, 3.63) is 74.7 Å². The van der Waals surface area contributed by atoms with Gasteiger partial charge in [-0.25, -0.2) is 0 Å². The van der Waals surface area contributed by atoms with Gasteiger partial charge in [0.15, 0.2) is 0 Å². The highest BCUT2D eigenvalue weighted by molar-refractivity contribution is 8.18. The van der Waals surface area contributed by atoms with E-state index in [1.165, 1.54) is 0 Å². The first kappa shape index (κ1) is 23.0. The van der Waals surface area contributed by atoms with Crippen LogP contribution in [0, 0.1) is 0 Å². The molecule has 6 nitrogen and oxygen atoms in total. The molecule has 2 aliphatic rings. The van der Waals surface area contributed by atoms with E-state index in [4.69, 9.17) is 23.2 Å². The molecule has 2 aliphatic heterocycles. The first-order valence-electron chi connectivity index (χ1n) is 11.0. The van der Waals surface area contributed by atoms with Gasteiger partial charge in [-0.2, -0.15) is 0 Å². The lowest BCUT2D eigenvalue weighted by atomic mass is 10.1. The predicted octanol–water partition coefficient (Wildman–Crippen LogP) is 5.66. The first-order chi connectivity index (χ1) is 16.4. The molecule has 0 saturated carbocycles. The van der Waals surface area contributed by atoms with Crippen molar-refractivity contribution in [1.82, 2.24) is 14.4 Å². The molecule has 0 bridgehead atoms. The van der Waals surface area contributed by atoms with Gasteiger partial charge in [0.2, 0.25) is 5.91 Å². The second kappa shape index (κ2) is 9.49. The summed E-state index contributed by atoms with van der Waals surface area (Å²) in [5, 5.41) is 1.69. The second-order valence-electron chi connectivity index (χ2n) is 8.32. The molecule has 9 heteroatoms. The van der Waals surface area contributed by atoms with Crippen LogP contribution in [0.4, 0.5) is 4.79 Å². The van der Waals surface area contributed by atoms with Gasteiger partial charge in [-0.3, -0.25) is 19.3 Å². The zero-order valence-electron chi connectivity index (χ0n) is 18.2. The maximum atomic E-state index is 13.0. The topological polar surface area (TPSA) is 62.6 Å². The van der Waals surface area contributed by atoms with Gasteiger partial charge in [-0.15, -0.1) is 0 Å². The van der Waals surface area contributed by atoms with E-state index >= 15 is 0 Å². The number of hydrogen-bond donors (Lipinski definition) is 0. The van der Waals surface area contributed by atoms with Crippen molar-refractivity contribution in [2.45, 2.75) is 19.4 Å². The predicted molar refractivity (Wildman–Crippen MR) is 136 cm³/mol. The van der Waals surface area contributed by atoms with Crippen molar-refractivity contribution in [2.24, 2.45) is 0 Å². The molecule has 0 spiro atoms. The molecule has 3 heterocycles. The van der Waals surface area contributed by atoms with E-state index in [0.29, 0.717) is 34.6 Å². The normalized spacial score (nSPS) is 17.5. The van der Waals surface area contributed by atoms with Crippen molar-refractivity contribution < 1.29 is 14.4 Å². The number of rotatable bonds is 5. The van der Waals surface area contributed by atoms with Crippen LogP contribution >= 0.6 is 35.0 Å². The van der Waals surface area contributed by atoms with Gasteiger partial charge in [0.25, 0.3) is 11.1 Å². The van der Waals surface area contributed by atoms with Crippen LogP contribution in [-0.2, 0) is 16.1 Å². The molecular weight excluding hydrogens is 493 g/mol. The third-order valence-corrected chi connectivity index (χ3v) is 7.58. The van der Waals surface area contributed by atoms with Gasteiger partial charge >= 0.3 is 0 Å². The SMILES string of the molecule is O=C(CN1C(=O)S/C(=C/c2cn(Cc3ccc(Cl)cc3Cl)c3ccccc23)C1=O)N1CCCC1. The third kappa shape index (κ3) is 4.48. The number of hydrogen-bond acceptors (Lipinski definition) is 4. The Labute approximate surface area is 211 Å². The van der Waals surface area contributed by atoms with E-state index in [-0.39, 0.29) is 12.5 Å². The smallest absolute Gasteiger partial charge is 0.294 e. The largest absolute Gasteiger partial charge is 0.342 e. The molecule has 1 aromatic heterocycles. The summed E-state index contributed by atoms with van der Waals surface area (Å²) in [6.07, 6.45) is 5.59. The number of para-hydroxylation sites is 1. The van der Waals surface area contributed by atoms with Crippen LogP contribution in [0.5, 0.6) is 0 Å². The Balaban J connectivity index is 1.43. The zero-order chi connectivity index (χ0) is 23.8. The molecule has 0 N–H and O–H groups in total. The minimum atomic E-state index is -0.430. The molecule has 3 aromatic rings. The molecule has 5 rings (SSSR count). The Morgan fingerprint density at radius 2 is 1.82 bits per heavy atom. The van der Waals surface area contributed by atoms with Crippen LogP contribution in [-0.4, -0.2) is 51.1 Å². The fourth-order valence-electron chi connectivity index (χ4n) is 4.33. The van der Waals surface area contributed by atoms with Crippen LogP contribution in [0.15, 0.2) is 53.6 Å². The van der Waals surface area contributed by atoms with Crippen LogP contribution in [0.1, 0.15) is 24.0 Å². The molecule has 0 aliphatic carbocycles. The number of amides is 3. The molecule has 2 aromatic carbocycles. The lowest BCUT2D eigenvalue weighted by Crippen LogP contribution is -2.40. The van der Waals surface area contributed by atoms with Crippen molar-refractivity contribution in [1.29, 1.82) is 0 Å². The average Bonchev–Trinajstić information content (AvgIpc) is 3.53. The summed E-state index contributed by atoms with van der Waals surface area (Å²) in [5.41, 5.74) is 2.71. The highest BCUT2D eigenvalue weighted by Gasteiger charge is 2.37. The third-order valence-electron chi connectivity index (χ3n) is 6.09. The fraction of sp³-hybridized carbons (Fsp3) is 0.240. The van der Waals surface area contributed by atoms with Crippen molar-refractivity contribution in [3.8, 4) is 0 Å². The molecule has 0 unspecified atom stereocenters. The van der Waals surface area contributed by atoms with E-state index in [2.05, 4.69) is 4.57 Å². The lowest BCUT2D eigenvalue weighted by Gasteiger charge is -2.18. The summed E-state index contributed by atoms with van der Waals surface area (Å²) < 4.78 is 2.05. The maximum Gasteiger partial charge on any atom is 0.294 e. The van der Waals surface area contributed by atoms with Gasteiger partial charge in [-0.1, -0.05) is 47.5 Å².